The van der Waals surface area contributed by atoms with E-state index in [1.165, 1.54) is 4.90 Å². The molecule has 2 heterocycles. The van der Waals surface area contributed by atoms with Crippen LogP contribution in [0.2, 0.25) is 10.2 Å². The third kappa shape index (κ3) is 6.97. The zero-order chi connectivity index (χ0) is 18.6. The zero-order valence-corrected chi connectivity index (χ0v) is 18.4. The molecular formula is C15H23Cl2F3IN5. The van der Waals surface area contributed by atoms with Gasteiger partial charge in [0.25, 0.3) is 0 Å². The fourth-order valence-corrected chi connectivity index (χ4v) is 3.18. The van der Waals surface area contributed by atoms with E-state index in [1.807, 2.05) is 6.92 Å². The summed E-state index contributed by atoms with van der Waals surface area (Å²) in [5.74, 6) is 0.565. The maximum atomic E-state index is 12.5. The number of hydrogen-bond acceptors (Lipinski definition) is 2. The minimum Gasteiger partial charge on any atom is -0.357 e. The largest absolute Gasteiger partial charge is 0.401 e. The van der Waals surface area contributed by atoms with Gasteiger partial charge in [0.1, 0.15) is 5.15 Å². The second-order valence-electron chi connectivity index (χ2n) is 6.01. The molecule has 1 aromatic heterocycles. The van der Waals surface area contributed by atoms with E-state index in [0.29, 0.717) is 48.7 Å². The van der Waals surface area contributed by atoms with Crippen molar-refractivity contribution in [1.29, 1.82) is 0 Å². The first-order valence-electron chi connectivity index (χ1n) is 8.03. The van der Waals surface area contributed by atoms with Crippen molar-refractivity contribution in [3.8, 4) is 0 Å². The quantitative estimate of drug-likeness (QED) is 0.349. The maximum Gasteiger partial charge on any atom is 0.401 e. The van der Waals surface area contributed by atoms with Gasteiger partial charge in [-0.3, -0.25) is 4.90 Å². The minimum absolute atomic E-state index is 0. The van der Waals surface area contributed by atoms with E-state index in [2.05, 4.69) is 15.6 Å². The molecule has 0 bridgehead atoms. The molecule has 26 heavy (non-hydrogen) atoms. The molecule has 0 radical (unpaired) electrons. The highest BCUT2D eigenvalue weighted by Crippen LogP contribution is 2.25. The Morgan fingerprint density at radius 3 is 2.62 bits per heavy atom. The molecular weight excluding hydrogens is 505 g/mol. The number of hydrogen-bond donors (Lipinski definition) is 2. The number of halogens is 6. The van der Waals surface area contributed by atoms with Crippen LogP contribution in [0, 0.1) is 0 Å². The monoisotopic (exact) mass is 527 g/mol. The van der Waals surface area contributed by atoms with Gasteiger partial charge >= 0.3 is 6.18 Å². The number of nitrogens with zero attached hydrogens (tertiary/aromatic N) is 3. The summed E-state index contributed by atoms with van der Waals surface area (Å²) in [5, 5.41) is 7.22. The first-order chi connectivity index (χ1) is 11.7. The fraction of sp³-hybridized carbons (Fsp3) is 0.667. The molecule has 1 aliphatic rings. The maximum absolute atomic E-state index is 12.5. The number of nitrogens with one attached hydrogen (secondary N) is 2. The molecule has 1 aromatic rings. The molecule has 1 saturated heterocycles. The van der Waals surface area contributed by atoms with Crippen molar-refractivity contribution in [2.75, 3.05) is 26.2 Å². The number of guanidine groups is 1. The van der Waals surface area contributed by atoms with Crippen LogP contribution in [-0.4, -0.2) is 53.8 Å². The van der Waals surface area contributed by atoms with Crippen molar-refractivity contribution < 1.29 is 13.2 Å². The summed E-state index contributed by atoms with van der Waals surface area (Å²) in [4.78, 5) is 5.88. The van der Waals surface area contributed by atoms with E-state index in [0.717, 1.165) is 5.69 Å². The lowest BCUT2D eigenvalue weighted by molar-refractivity contribution is -0.143. The highest BCUT2D eigenvalue weighted by Gasteiger charge is 2.34. The van der Waals surface area contributed by atoms with Crippen molar-refractivity contribution in [3.63, 3.8) is 0 Å². The molecule has 0 saturated carbocycles. The predicted molar refractivity (Wildman–Crippen MR) is 110 cm³/mol. The summed E-state index contributed by atoms with van der Waals surface area (Å²) >= 11 is 12.0. The van der Waals surface area contributed by atoms with Crippen LogP contribution in [-0.2, 0) is 13.6 Å². The second-order valence-corrected chi connectivity index (χ2v) is 6.77. The van der Waals surface area contributed by atoms with Gasteiger partial charge in [-0.2, -0.15) is 13.2 Å². The molecule has 1 aliphatic heterocycles. The van der Waals surface area contributed by atoms with Gasteiger partial charge in [-0.15, -0.1) is 24.0 Å². The topological polar surface area (TPSA) is 44.6 Å². The van der Waals surface area contributed by atoms with Gasteiger partial charge in [0, 0.05) is 38.4 Å². The normalized spacial score (nSPS) is 18.7. The molecule has 1 unspecified atom stereocenters. The van der Waals surface area contributed by atoms with Crippen molar-refractivity contribution in [2.24, 2.45) is 12.0 Å². The molecule has 1 atom stereocenters. The van der Waals surface area contributed by atoms with Gasteiger partial charge in [0.05, 0.1) is 18.1 Å². The summed E-state index contributed by atoms with van der Waals surface area (Å²) in [6, 6.07) is 1.68. The van der Waals surface area contributed by atoms with Crippen LogP contribution in [0.15, 0.2) is 11.1 Å². The Morgan fingerprint density at radius 2 is 2.08 bits per heavy atom. The van der Waals surface area contributed by atoms with E-state index in [4.69, 9.17) is 23.2 Å². The Bertz CT molecular complexity index is 621. The smallest absolute Gasteiger partial charge is 0.357 e. The molecule has 11 heteroatoms. The lowest BCUT2D eigenvalue weighted by atomic mass is 10.3. The number of likely N-dealkylation sites (tertiary alicyclic amines) is 1. The van der Waals surface area contributed by atoms with Crippen LogP contribution in [0.3, 0.4) is 0 Å². The van der Waals surface area contributed by atoms with Gasteiger partial charge in [0.15, 0.2) is 5.96 Å². The molecule has 2 N–H and O–H groups in total. The summed E-state index contributed by atoms with van der Waals surface area (Å²) in [5.41, 5.74) is 0.845. The molecule has 150 valence electrons. The Hall–Kier alpha value is -0.390. The highest BCUT2D eigenvalue weighted by atomic mass is 127. The van der Waals surface area contributed by atoms with Crippen LogP contribution in [0.1, 0.15) is 19.0 Å². The number of aliphatic imine (C=N–C) groups is 1. The predicted octanol–water partition coefficient (Wildman–Crippen LogP) is 3.64. The van der Waals surface area contributed by atoms with Gasteiger partial charge in [-0.1, -0.05) is 23.2 Å². The number of alkyl halides is 3. The molecule has 5 nitrogen and oxygen atoms in total. The van der Waals surface area contributed by atoms with E-state index in [-0.39, 0.29) is 30.0 Å². The van der Waals surface area contributed by atoms with Crippen molar-refractivity contribution in [1.82, 2.24) is 20.1 Å². The Kier molecular flexibility index (Phi) is 9.31. The average molecular weight is 528 g/mol. The summed E-state index contributed by atoms with van der Waals surface area (Å²) in [6.07, 6.45) is -3.53. The molecule has 0 aliphatic carbocycles. The third-order valence-corrected chi connectivity index (χ3v) is 4.82. The second kappa shape index (κ2) is 10.2. The molecule has 0 aromatic carbocycles. The van der Waals surface area contributed by atoms with Gasteiger partial charge in [0.2, 0.25) is 0 Å². The van der Waals surface area contributed by atoms with Gasteiger partial charge in [-0.05, 0) is 19.4 Å². The third-order valence-electron chi connectivity index (χ3n) is 3.98. The van der Waals surface area contributed by atoms with Crippen molar-refractivity contribution >= 4 is 53.1 Å². The summed E-state index contributed by atoms with van der Waals surface area (Å²) in [7, 11) is 1.80. The van der Waals surface area contributed by atoms with Gasteiger partial charge in [-0.25, -0.2) is 4.99 Å². The zero-order valence-electron chi connectivity index (χ0n) is 14.5. The molecule has 0 amide bonds. The van der Waals surface area contributed by atoms with Crippen LogP contribution >= 0.6 is 47.2 Å². The minimum atomic E-state index is -4.17. The molecule has 2 rings (SSSR count). The lowest BCUT2D eigenvalue weighted by Crippen LogP contribution is -2.45. The first-order valence-corrected chi connectivity index (χ1v) is 8.78. The number of aromatic nitrogens is 1. The first kappa shape index (κ1) is 23.6. The summed E-state index contributed by atoms with van der Waals surface area (Å²) < 4.78 is 39.2. The van der Waals surface area contributed by atoms with Crippen LogP contribution in [0.25, 0.3) is 0 Å². The van der Waals surface area contributed by atoms with E-state index in [1.54, 1.807) is 17.7 Å². The average Bonchev–Trinajstić information content (AvgIpc) is 3.03. The highest BCUT2D eigenvalue weighted by molar-refractivity contribution is 14.0. The van der Waals surface area contributed by atoms with Crippen molar-refractivity contribution in [3.05, 3.63) is 21.9 Å². The SMILES string of the molecule is CCNC(=NCc1cc(Cl)c(Cl)n1C)NC1CCN(CC(F)(F)F)C1.I. The Balaban J connectivity index is 0.00000338. The van der Waals surface area contributed by atoms with Crippen LogP contribution in [0.5, 0.6) is 0 Å². The van der Waals surface area contributed by atoms with Crippen LogP contribution < -0.4 is 10.6 Å². The summed E-state index contributed by atoms with van der Waals surface area (Å²) in [6.45, 7) is 2.82. The lowest BCUT2D eigenvalue weighted by Gasteiger charge is -2.19. The van der Waals surface area contributed by atoms with E-state index >= 15 is 0 Å². The Morgan fingerprint density at radius 1 is 1.38 bits per heavy atom. The molecule has 1 fully saturated rings. The van der Waals surface area contributed by atoms with Crippen molar-refractivity contribution in [2.45, 2.75) is 32.1 Å². The van der Waals surface area contributed by atoms with Gasteiger partial charge < -0.3 is 15.2 Å². The van der Waals surface area contributed by atoms with E-state index in [9.17, 15) is 13.2 Å². The van der Waals surface area contributed by atoms with Crippen LogP contribution in [0.4, 0.5) is 13.2 Å². The number of rotatable bonds is 5. The van der Waals surface area contributed by atoms with E-state index < -0.39 is 12.7 Å². The standard InChI is InChI=1S/C15H22Cl2F3N5.HI/c1-3-21-14(22-7-11-6-12(16)13(17)24(11)2)23-10-4-5-25(8-10)9-15(18,19)20;/h6,10H,3-5,7-9H2,1-2H3,(H2,21,22,23);1H. The molecule has 0 spiro atoms. The Labute approximate surface area is 178 Å². The fourth-order valence-electron chi connectivity index (χ4n) is 2.76.